The van der Waals surface area contributed by atoms with Gasteiger partial charge in [-0.3, -0.25) is 0 Å². The van der Waals surface area contributed by atoms with Crippen molar-refractivity contribution in [3.63, 3.8) is 0 Å². The Bertz CT molecular complexity index is 1560. The summed E-state index contributed by atoms with van der Waals surface area (Å²) in [7, 11) is 0. The molecule has 2 heterocycles. The highest BCUT2D eigenvalue weighted by molar-refractivity contribution is 6.20. The van der Waals surface area contributed by atoms with Crippen LogP contribution >= 0.6 is 0 Å². The topological polar surface area (TPSA) is 28.5 Å². The first-order valence-corrected chi connectivity index (χ1v) is 12.6. The van der Waals surface area contributed by atoms with Gasteiger partial charge in [-0.2, -0.15) is 4.58 Å². The fourth-order valence-corrected chi connectivity index (χ4v) is 5.48. The van der Waals surface area contributed by atoms with E-state index in [4.69, 9.17) is 9.41 Å². The standard InChI is InChI=1S/C33H33N2O/c1-7-29-31-25(15-14-22(5)32(23(6)34-29)35(8-2)21(3)4)16-18-27-28-20-26(24-12-10-9-11-13-24)17-19-30(28)36-33(27)31/h7-13,16-20,22,32H,1-2,6,14-15H2,3-5H3/q+1/b34-29-. The van der Waals surface area contributed by atoms with Gasteiger partial charge in [-0.1, -0.05) is 68.6 Å². The van der Waals surface area contributed by atoms with Crippen molar-refractivity contribution in [2.24, 2.45) is 10.9 Å². The summed E-state index contributed by atoms with van der Waals surface area (Å²) in [5.74, 6) is 0.339. The molecule has 2 unspecified atom stereocenters. The molecule has 4 aromatic rings. The molecule has 0 saturated carbocycles. The van der Waals surface area contributed by atoms with Crippen molar-refractivity contribution in [1.82, 2.24) is 0 Å². The number of allylic oxidation sites excluding steroid dienone is 1. The zero-order valence-corrected chi connectivity index (χ0v) is 21.4. The van der Waals surface area contributed by atoms with Gasteiger partial charge in [-0.25, -0.2) is 4.99 Å². The molecule has 0 bridgehead atoms. The Hall–Kier alpha value is -3.98. The van der Waals surface area contributed by atoms with E-state index < -0.39 is 0 Å². The molecule has 3 aromatic carbocycles. The van der Waals surface area contributed by atoms with Crippen LogP contribution in [0.5, 0.6) is 0 Å². The fourth-order valence-electron chi connectivity index (χ4n) is 5.48. The maximum absolute atomic E-state index is 6.52. The van der Waals surface area contributed by atoms with E-state index in [0.29, 0.717) is 5.92 Å². The van der Waals surface area contributed by atoms with Gasteiger partial charge in [-0.05, 0) is 54.3 Å². The first-order chi connectivity index (χ1) is 17.4. The van der Waals surface area contributed by atoms with Crippen LogP contribution in [0.1, 0.15) is 38.3 Å². The van der Waals surface area contributed by atoms with E-state index in [2.05, 4.69) is 99.7 Å². The minimum absolute atomic E-state index is 0.0383. The van der Waals surface area contributed by atoms with Gasteiger partial charge in [-0.15, -0.1) is 0 Å². The summed E-state index contributed by atoms with van der Waals surface area (Å²) in [5, 5.41) is 2.20. The smallest absolute Gasteiger partial charge is 0.202 e. The average Bonchev–Trinajstić information content (AvgIpc) is 3.27. The number of hydrogen-bond donors (Lipinski definition) is 0. The molecule has 180 valence electrons. The van der Waals surface area contributed by atoms with E-state index in [1.54, 1.807) is 0 Å². The third-order valence-corrected chi connectivity index (χ3v) is 7.31. The Morgan fingerprint density at radius 1 is 1.00 bits per heavy atom. The monoisotopic (exact) mass is 473 g/mol. The quantitative estimate of drug-likeness (QED) is 0.216. The Labute approximate surface area is 213 Å². The number of aliphatic imine (C=N–C) groups is 1. The van der Waals surface area contributed by atoms with Gasteiger partial charge in [0.15, 0.2) is 11.9 Å². The van der Waals surface area contributed by atoms with Gasteiger partial charge in [0.25, 0.3) is 0 Å². The van der Waals surface area contributed by atoms with Gasteiger partial charge in [0.1, 0.15) is 16.9 Å². The van der Waals surface area contributed by atoms with Crippen molar-refractivity contribution in [1.29, 1.82) is 0 Å². The maximum Gasteiger partial charge on any atom is 0.202 e. The van der Waals surface area contributed by atoms with Gasteiger partial charge in [0, 0.05) is 36.1 Å². The molecule has 2 atom stereocenters. The molecule has 0 saturated heterocycles. The first-order valence-electron chi connectivity index (χ1n) is 12.6. The van der Waals surface area contributed by atoms with Crippen molar-refractivity contribution < 1.29 is 8.99 Å². The van der Waals surface area contributed by atoms with Gasteiger partial charge >= 0.3 is 0 Å². The number of furan rings is 1. The lowest BCUT2D eigenvalue weighted by Gasteiger charge is -2.20. The van der Waals surface area contributed by atoms with Crippen LogP contribution in [-0.4, -0.2) is 22.0 Å². The average molecular weight is 474 g/mol. The molecule has 3 heteroatoms. The van der Waals surface area contributed by atoms with Gasteiger partial charge in [0.2, 0.25) is 6.04 Å². The molecule has 1 aromatic heterocycles. The second-order valence-electron chi connectivity index (χ2n) is 9.85. The normalized spacial score (nSPS) is 19.5. The van der Waals surface area contributed by atoms with Gasteiger partial charge in [0.05, 0.1) is 5.71 Å². The van der Waals surface area contributed by atoms with Crippen LogP contribution in [0.25, 0.3) is 33.1 Å². The number of rotatable bonds is 4. The Morgan fingerprint density at radius 3 is 2.47 bits per heavy atom. The summed E-state index contributed by atoms with van der Waals surface area (Å²) < 4.78 is 8.71. The van der Waals surface area contributed by atoms with Crippen molar-refractivity contribution >= 4 is 33.4 Å². The van der Waals surface area contributed by atoms with Crippen molar-refractivity contribution in [3.05, 3.63) is 110 Å². The van der Waals surface area contributed by atoms with Crippen LogP contribution in [0.15, 0.2) is 108 Å². The Balaban J connectivity index is 1.72. The summed E-state index contributed by atoms with van der Waals surface area (Å²) in [6.45, 7) is 19.1. The van der Waals surface area contributed by atoms with E-state index >= 15 is 0 Å². The van der Waals surface area contributed by atoms with E-state index in [-0.39, 0.29) is 6.04 Å². The molecule has 5 rings (SSSR count). The predicted octanol–water partition coefficient (Wildman–Crippen LogP) is 8.33. The summed E-state index contributed by atoms with van der Waals surface area (Å²) in [4.78, 5) is 5.07. The zero-order valence-electron chi connectivity index (χ0n) is 21.4. The molecule has 0 aliphatic carbocycles. The first kappa shape index (κ1) is 23.7. The van der Waals surface area contributed by atoms with Crippen LogP contribution in [0.3, 0.4) is 0 Å². The summed E-state index contributed by atoms with van der Waals surface area (Å²) in [5.41, 5.74) is 9.14. The predicted molar refractivity (Wildman–Crippen MR) is 153 cm³/mol. The minimum atomic E-state index is 0.0383. The van der Waals surface area contributed by atoms with Crippen LogP contribution in [0.2, 0.25) is 0 Å². The fraction of sp³-hybridized carbons (Fsp3) is 0.212. The third kappa shape index (κ3) is 4.05. The highest BCUT2D eigenvalue weighted by atomic mass is 16.3. The number of hydrogen-bond acceptors (Lipinski definition) is 2. The Morgan fingerprint density at radius 2 is 1.78 bits per heavy atom. The van der Waals surface area contributed by atoms with Crippen LogP contribution in [0, 0.1) is 5.92 Å². The SMILES string of the molecule is C=C/C1=N/C(=C)C([N+](C=C)=C(C)C)C(C)CCc2ccc3c(oc4ccc(-c5ccccc5)cc43)c21. The molecular weight excluding hydrogens is 440 g/mol. The molecule has 0 amide bonds. The summed E-state index contributed by atoms with van der Waals surface area (Å²) in [6, 6.07) is 21.3. The molecule has 3 nitrogen and oxygen atoms in total. The number of fused-ring (bicyclic) bond motifs is 5. The van der Waals surface area contributed by atoms with E-state index in [1.165, 1.54) is 22.4 Å². The molecule has 0 fully saturated rings. The summed E-state index contributed by atoms with van der Waals surface area (Å²) in [6.07, 6.45) is 5.64. The van der Waals surface area contributed by atoms with E-state index in [1.807, 2.05) is 18.3 Å². The molecule has 0 spiro atoms. The van der Waals surface area contributed by atoms with Crippen LogP contribution in [-0.2, 0) is 6.42 Å². The molecular formula is C33H33N2O+. The van der Waals surface area contributed by atoms with E-state index in [9.17, 15) is 0 Å². The minimum Gasteiger partial charge on any atom is -0.455 e. The zero-order chi connectivity index (χ0) is 25.4. The van der Waals surface area contributed by atoms with Gasteiger partial charge < -0.3 is 4.42 Å². The third-order valence-electron chi connectivity index (χ3n) is 7.31. The molecule has 1 aliphatic heterocycles. The maximum atomic E-state index is 6.52. The highest BCUT2D eigenvalue weighted by Crippen LogP contribution is 2.37. The second-order valence-corrected chi connectivity index (χ2v) is 9.85. The number of nitrogens with zero attached hydrogens (tertiary/aromatic N) is 2. The molecule has 1 aliphatic rings. The second kappa shape index (κ2) is 9.58. The van der Waals surface area contributed by atoms with Crippen LogP contribution < -0.4 is 0 Å². The lowest BCUT2D eigenvalue weighted by Crippen LogP contribution is -2.33. The number of aryl methyl sites for hydroxylation is 1. The van der Waals surface area contributed by atoms with Crippen LogP contribution in [0.4, 0.5) is 0 Å². The van der Waals surface area contributed by atoms with Crippen molar-refractivity contribution in [2.45, 2.75) is 39.7 Å². The highest BCUT2D eigenvalue weighted by Gasteiger charge is 2.32. The van der Waals surface area contributed by atoms with Crippen molar-refractivity contribution in [2.75, 3.05) is 0 Å². The largest absolute Gasteiger partial charge is 0.455 e. The number of benzene rings is 3. The molecule has 36 heavy (non-hydrogen) atoms. The lowest BCUT2D eigenvalue weighted by molar-refractivity contribution is -0.500. The van der Waals surface area contributed by atoms with E-state index in [0.717, 1.165) is 51.8 Å². The molecule has 0 radical (unpaired) electrons. The molecule has 0 N–H and O–H groups in total. The lowest BCUT2D eigenvalue weighted by atomic mass is 9.90. The Kier molecular flexibility index (Phi) is 6.32. The summed E-state index contributed by atoms with van der Waals surface area (Å²) >= 11 is 0. The van der Waals surface area contributed by atoms with Crippen molar-refractivity contribution in [3.8, 4) is 11.1 Å².